The Morgan fingerprint density at radius 1 is 1.43 bits per heavy atom. The molecule has 0 aromatic carbocycles. The van der Waals surface area contributed by atoms with Crippen LogP contribution in [0.1, 0.15) is 18.3 Å². The molecular weight excluding hydrogens is 204 g/mol. The average Bonchev–Trinajstić information content (AvgIpc) is 2.35. The molecule has 0 saturated carbocycles. The summed E-state index contributed by atoms with van der Waals surface area (Å²) in [6.45, 7) is 5.55. The Morgan fingerprint density at radius 2 is 2.07 bits per heavy atom. The highest BCUT2D eigenvalue weighted by Gasteiger charge is 2.13. The number of anilines is 1. The molecule has 1 heterocycles. The Kier molecular flexibility index (Phi) is 3.12. The zero-order valence-corrected chi connectivity index (χ0v) is 9.20. The Balaban J connectivity index is 2.89. The van der Waals surface area contributed by atoms with E-state index in [1.165, 1.54) is 0 Å². The highest BCUT2D eigenvalue weighted by molar-refractivity contribution is 7.90. The number of nitrogens with one attached hydrogen (secondary N) is 3. The second kappa shape index (κ2) is 3.97. The summed E-state index contributed by atoms with van der Waals surface area (Å²) < 4.78 is 27.4. The molecule has 0 atom stereocenters. The fraction of sp³-hybridized carbons (Fsp3) is 0.571. The number of aromatic amines is 1. The first-order chi connectivity index (χ1) is 6.46. The summed E-state index contributed by atoms with van der Waals surface area (Å²) in [7, 11) is -3.46. The van der Waals surface area contributed by atoms with Crippen LogP contribution in [0.5, 0.6) is 0 Å². The molecule has 0 spiro atoms. The lowest BCUT2D eigenvalue weighted by Crippen LogP contribution is -2.30. The monoisotopic (exact) mass is 218 g/mol. The van der Waals surface area contributed by atoms with Crippen molar-refractivity contribution in [2.45, 2.75) is 20.8 Å². The molecule has 0 bridgehead atoms. The number of aryl methyl sites for hydroxylation is 2. The van der Waals surface area contributed by atoms with Gasteiger partial charge in [-0.15, -0.1) is 0 Å². The van der Waals surface area contributed by atoms with Gasteiger partial charge < -0.3 is 0 Å². The first-order valence-corrected chi connectivity index (χ1v) is 5.73. The summed E-state index contributed by atoms with van der Waals surface area (Å²) in [5.41, 5.74) is 1.83. The van der Waals surface area contributed by atoms with Crippen molar-refractivity contribution in [3.8, 4) is 0 Å². The SMILES string of the molecule is CCNS(=O)(=O)Nc1c(C)n[nH]c1C. The minimum absolute atomic E-state index is 0.352. The van der Waals surface area contributed by atoms with Gasteiger partial charge in [0.2, 0.25) is 0 Å². The van der Waals surface area contributed by atoms with E-state index in [1.807, 2.05) is 0 Å². The zero-order chi connectivity index (χ0) is 10.8. The van der Waals surface area contributed by atoms with E-state index in [4.69, 9.17) is 0 Å². The molecule has 0 amide bonds. The molecule has 3 N–H and O–H groups in total. The molecule has 1 aromatic rings. The molecule has 14 heavy (non-hydrogen) atoms. The van der Waals surface area contributed by atoms with Gasteiger partial charge in [0.15, 0.2) is 0 Å². The third-order valence-corrected chi connectivity index (χ3v) is 2.84. The highest BCUT2D eigenvalue weighted by Crippen LogP contribution is 2.16. The van der Waals surface area contributed by atoms with Crippen LogP contribution in [0.4, 0.5) is 5.69 Å². The molecule has 0 aliphatic carbocycles. The second-order valence-corrected chi connectivity index (χ2v) is 4.41. The van der Waals surface area contributed by atoms with Gasteiger partial charge in [0.05, 0.1) is 17.1 Å². The van der Waals surface area contributed by atoms with Gasteiger partial charge in [0.25, 0.3) is 10.2 Å². The Morgan fingerprint density at radius 3 is 2.50 bits per heavy atom. The first-order valence-electron chi connectivity index (χ1n) is 4.25. The van der Waals surface area contributed by atoms with E-state index in [0.717, 1.165) is 0 Å². The van der Waals surface area contributed by atoms with E-state index in [0.29, 0.717) is 23.6 Å². The van der Waals surface area contributed by atoms with Crippen LogP contribution < -0.4 is 9.44 Å². The molecule has 1 aromatic heterocycles. The van der Waals surface area contributed by atoms with Gasteiger partial charge in [-0.05, 0) is 13.8 Å². The van der Waals surface area contributed by atoms with Crippen molar-refractivity contribution in [1.29, 1.82) is 0 Å². The Hall–Kier alpha value is -1.08. The predicted octanol–water partition coefficient (Wildman–Crippen LogP) is 0.293. The maximum atomic E-state index is 11.3. The van der Waals surface area contributed by atoms with Gasteiger partial charge in [-0.3, -0.25) is 9.82 Å². The quantitative estimate of drug-likeness (QED) is 0.679. The van der Waals surface area contributed by atoms with Gasteiger partial charge >= 0.3 is 0 Å². The minimum Gasteiger partial charge on any atom is -0.280 e. The number of hydrogen-bond donors (Lipinski definition) is 3. The van der Waals surface area contributed by atoms with E-state index in [-0.39, 0.29) is 0 Å². The van der Waals surface area contributed by atoms with E-state index in [1.54, 1.807) is 20.8 Å². The van der Waals surface area contributed by atoms with Crippen molar-refractivity contribution < 1.29 is 8.42 Å². The minimum atomic E-state index is -3.46. The normalized spacial score (nSPS) is 11.6. The molecule has 0 fully saturated rings. The van der Waals surface area contributed by atoms with Crippen LogP contribution in [0.2, 0.25) is 0 Å². The van der Waals surface area contributed by atoms with Crippen LogP contribution in [0.3, 0.4) is 0 Å². The Labute approximate surface area is 83.3 Å². The molecule has 0 saturated heterocycles. The van der Waals surface area contributed by atoms with E-state index < -0.39 is 10.2 Å². The molecule has 0 aliphatic rings. The van der Waals surface area contributed by atoms with Crippen LogP contribution in [-0.2, 0) is 10.2 Å². The van der Waals surface area contributed by atoms with Gasteiger partial charge in [0.1, 0.15) is 0 Å². The molecule has 7 heteroatoms. The van der Waals surface area contributed by atoms with Crippen LogP contribution >= 0.6 is 0 Å². The maximum absolute atomic E-state index is 11.3. The third kappa shape index (κ3) is 2.46. The molecule has 1 rings (SSSR count). The zero-order valence-electron chi connectivity index (χ0n) is 8.38. The number of hydrogen-bond acceptors (Lipinski definition) is 3. The van der Waals surface area contributed by atoms with Crippen molar-refractivity contribution in [2.24, 2.45) is 0 Å². The molecule has 0 radical (unpaired) electrons. The maximum Gasteiger partial charge on any atom is 0.299 e. The molecule has 0 aliphatic heterocycles. The number of rotatable bonds is 4. The summed E-state index contributed by atoms with van der Waals surface area (Å²) in [6.07, 6.45) is 0. The lowest BCUT2D eigenvalue weighted by Gasteiger charge is -2.07. The largest absolute Gasteiger partial charge is 0.299 e. The van der Waals surface area contributed by atoms with Crippen molar-refractivity contribution in [2.75, 3.05) is 11.3 Å². The summed E-state index contributed by atoms with van der Waals surface area (Å²) in [5.74, 6) is 0. The van der Waals surface area contributed by atoms with E-state index in [2.05, 4.69) is 19.6 Å². The molecule has 0 unspecified atom stereocenters. The fourth-order valence-corrected chi connectivity index (χ4v) is 2.08. The summed E-state index contributed by atoms with van der Waals surface area (Å²) in [4.78, 5) is 0. The van der Waals surface area contributed by atoms with Gasteiger partial charge in [-0.25, -0.2) is 0 Å². The van der Waals surface area contributed by atoms with Crippen LogP contribution in [0.15, 0.2) is 0 Å². The highest BCUT2D eigenvalue weighted by atomic mass is 32.2. The van der Waals surface area contributed by atoms with Crippen LogP contribution in [0.25, 0.3) is 0 Å². The number of aromatic nitrogens is 2. The summed E-state index contributed by atoms with van der Waals surface area (Å²) in [6, 6.07) is 0. The molecule has 6 nitrogen and oxygen atoms in total. The van der Waals surface area contributed by atoms with E-state index >= 15 is 0 Å². The van der Waals surface area contributed by atoms with Crippen molar-refractivity contribution >= 4 is 15.9 Å². The smallest absolute Gasteiger partial charge is 0.280 e. The van der Waals surface area contributed by atoms with Crippen LogP contribution in [0, 0.1) is 13.8 Å². The summed E-state index contributed by atoms with van der Waals surface area (Å²) >= 11 is 0. The molecule has 80 valence electrons. The van der Waals surface area contributed by atoms with Gasteiger partial charge in [0, 0.05) is 6.54 Å². The van der Waals surface area contributed by atoms with Crippen molar-refractivity contribution in [3.05, 3.63) is 11.4 Å². The predicted molar refractivity (Wildman–Crippen MR) is 54.3 cm³/mol. The molecular formula is C7H14N4O2S. The van der Waals surface area contributed by atoms with Gasteiger partial charge in [-0.1, -0.05) is 6.92 Å². The average molecular weight is 218 g/mol. The Bertz CT molecular complexity index is 390. The van der Waals surface area contributed by atoms with Crippen LogP contribution in [-0.4, -0.2) is 25.2 Å². The fourth-order valence-electron chi connectivity index (χ4n) is 1.06. The van der Waals surface area contributed by atoms with Crippen molar-refractivity contribution in [1.82, 2.24) is 14.9 Å². The van der Waals surface area contributed by atoms with Crippen molar-refractivity contribution in [3.63, 3.8) is 0 Å². The lowest BCUT2D eigenvalue weighted by atomic mass is 10.3. The second-order valence-electron chi connectivity index (χ2n) is 2.91. The number of nitrogens with zero attached hydrogens (tertiary/aromatic N) is 1. The van der Waals surface area contributed by atoms with Gasteiger partial charge in [-0.2, -0.15) is 18.2 Å². The summed E-state index contributed by atoms with van der Waals surface area (Å²) in [5, 5.41) is 6.58. The first kappa shape index (κ1) is 11.0. The van der Waals surface area contributed by atoms with E-state index in [9.17, 15) is 8.42 Å². The third-order valence-electron chi connectivity index (χ3n) is 1.70. The topological polar surface area (TPSA) is 86.9 Å². The lowest BCUT2D eigenvalue weighted by molar-refractivity contribution is 0.589. The number of H-pyrrole nitrogens is 1. The standard InChI is InChI=1S/C7H14N4O2S/c1-4-8-14(12,13)11-7-5(2)9-10-6(7)3/h8,11H,4H2,1-3H3,(H,9,10).